The van der Waals surface area contributed by atoms with E-state index in [1.54, 1.807) is 36.3 Å². The molecule has 5 rings (SSSR count). The number of amides is 2. The van der Waals surface area contributed by atoms with Crippen LogP contribution >= 0.6 is 0 Å². The predicted octanol–water partition coefficient (Wildman–Crippen LogP) is 2.43. The average molecular weight is 434 g/mol. The van der Waals surface area contributed by atoms with Crippen molar-refractivity contribution in [3.8, 4) is 5.75 Å². The van der Waals surface area contributed by atoms with Gasteiger partial charge in [0.15, 0.2) is 5.65 Å². The van der Waals surface area contributed by atoms with Gasteiger partial charge in [0.2, 0.25) is 5.91 Å². The van der Waals surface area contributed by atoms with Crippen LogP contribution in [-0.4, -0.2) is 69.0 Å². The van der Waals surface area contributed by atoms with Gasteiger partial charge < -0.3 is 14.5 Å². The van der Waals surface area contributed by atoms with Crippen LogP contribution in [0.25, 0.3) is 5.65 Å². The van der Waals surface area contributed by atoms with Crippen LogP contribution in [0.4, 0.5) is 0 Å². The number of hydrogen-bond donors (Lipinski definition) is 0. The molecule has 4 heterocycles. The molecule has 0 aliphatic carbocycles. The Morgan fingerprint density at radius 1 is 1.22 bits per heavy atom. The van der Waals surface area contributed by atoms with Gasteiger partial charge in [-0.1, -0.05) is 12.1 Å². The third kappa shape index (κ3) is 3.81. The van der Waals surface area contributed by atoms with E-state index in [0.29, 0.717) is 43.2 Å². The van der Waals surface area contributed by atoms with Gasteiger partial charge >= 0.3 is 0 Å². The lowest BCUT2D eigenvalue weighted by molar-refractivity contribution is -0.140. The average Bonchev–Trinajstić information content (AvgIpc) is 3.27. The van der Waals surface area contributed by atoms with Crippen molar-refractivity contribution in [3.05, 3.63) is 60.0 Å². The summed E-state index contributed by atoms with van der Waals surface area (Å²) in [6, 6.07) is 10.00. The van der Waals surface area contributed by atoms with E-state index in [1.807, 2.05) is 17.0 Å². The van der Waals surface area contributed by atoms with Crippen molar-refractivity contribution in [3.63, 3.8) is 0 Å². The minimum absolute atomic E-state index is 0.0289. The normalized spacial score (nSPS) is 21.0. The summed E-state index contributed by atoms with van der Waals surface area (Å²) in [5, 5.41) is 4.25. The molecule has 0 saturated carbocycles. The molecule has 8 heteroatoms. The van der Waals surface area contributed by atoms with Gasteiger partial charge in [0.25, 0.3) is 5.91 Å². The van der Waals surface area contributed by atoms with Crippen molar-refractivity contribution in [2.24, 2.45) is 5.92 Å². The lowest BCUT2D eigenvalue weighted by Gasteiger charge is -2.47. The third-order valence-corrected chi connectivity index (χ3v) is 6.74. The van der Waals surface area contributed by atoms with Gasteiger partial charge in [0.1, 0.15) is 11.3 Å². The Balaban J connectivity index is 1.26. The van der Waals surface area contributed by atoms with E-state index in [0.717, 1.165) is 25.0 Å². The molecule has 2 fully saturated rings. The maximum atomic E-state index is 13.2. The molecule has 32 heavy (non-hydrogen) atoms. The van der Waals surface area contributed by atoms with E-state index in [1.165, 1.54) is 5.56 Å². The quantitative estimate of drug-likeness (QED) is 0.618. The molecule has 2 amide bonds. The van der Waals surface area contributed by atoms with Crippen molar-refractivity contribution in [1.29, 1.82) is 0 Å². The molecule has 2 saturated heterocycles. The molecule has 0 radical (unpaired) electrons. The van der Waals surface area contributed by atoms with Gasteiger partial charge in [-0.15, -0.1) is 0 Å². The molecule has 0 spiro atoms. The van der Waals surface area contributed by atoms with Gasteiger partial charge in [-0.2, -0.15) is 5.10 Å². The summed E-state index contributed by atoms with van der Waals surface area (Å²) in [6.45, 7) is 2.01. The Morgan fingerprint density at radius 2 is 2.06 bits per heavy atom. The van der Waals surface area contributed by atoms with E-state index in [4.69, 9.17) is 4.74 Å². The molecule has 2 atom stereocenters. The molecule has 2 aromatic heterocycles. The molecule has 1 aromatic carbocycles. The second-order valence-corrected chi connectivity index (χ2v) is 8.54. The number of piperidine rings is 2. The Bertz CT molecular complexity index is 1130. The van der Waals surface area contributed by atoms with Crippen LogP contribution in [0, 0.1) is 5.92 Å². The first-order valence-electron chi connectivity index (χ1n) is 11.1. The van der Waals surface area contributed by atoms with E-state index in [9.17, 15) is 9.59 Å². The van der Waals surface area contributed by atoms with Crippen LogP contribution in [0.2, 0.25) is 0 Å². The lowest BCUT2D eigenvalue weighted by atomic mass is 9.83. The van der Waals surface area contributed by atoms with E-state index in [2.05, 4.69) is 27.1 Å². The van der Waals surface area contributed by atoms with E-state index >= 15 is 0 Å². The predicted molar refractivity (Wildman–Crippen MR) is 118 cm³/mol. The van der Waals surface area contributed by atoms with Gasteiger partial charge in [-0.3, -0.25) is 9.59 Å². The highest BCUT2D eigenvalue weighted by Gasteiger charge is 2.40. The van der Waals surface area contributed by atoms with Gasteiger partial charge in [-0.05, 0) is 48.9 Å². The highest BCUT2D eigenvalue weighted by Crippen LogP contribution is 2.32. The monoisotopic (exact) mass is 433 g/mol. The molecular weight excluding hydrogens is 406 g/mol. The molecule has 0 unspecified atom stereocenters. The van der Waals surface area contributed by atoms with Crippen molar-refractivity contribution in [2.75, 3.05) is 26.7 Å². The summed E-state index contributed by atoms with van der Waals surface area (Å²) in [7, 11) is 1.66. The number of aromatic nitrogens is 3. The Morgan fingerprint density at radius 3 is 2.88 bits per heavy atom. The summed E-state index contributed by atoms with van der Waals surface area (Å²) in [4.78, 5) is 34.2. The zero-order valence-corrected chi connectivity index (χ0v) is 18.2. The minimum atomic E-state index is -0.0289. The van der Waals surface area contributed by atoms with Crippen LogP contribution in [-0.2, 0) is 11.2 Å². The highest BCUT2D eigenvalue weighted by atomic mass is 16.5. The maximum Gasteiger partial charge on any atom is 0.259 e. The highest BCUT2D eigenvalue weighted by molar-refractivity contribution is 5.99. The first kappa shape index (κ1) is 20.5. The number of methoxy groups -OCH3 is 1. The third-order valence-electron chi connectivity index (χ3n) is 6.74. The van der Waals surface area contributed by atoms with Crippen molar-refractivity contribution in [2.45, 2.75) is 31.7 Å². The number of likely N-dealkylation sites (tertiary alicyclic amines) is 2. The van der Waals surface area contributed by atoms with E-state index < -0.39 is 0 Å². The summed E-state index contributed by atoms with van der Waals surface area (Å²) < 4.78 is 6.85. The first-order chi connectivity index (χ1) is 15.6. The van der Waals surface area contributed by atoms with Crippen molar-refractivity contribution in [1.82, 2.24) is 24.4 Å². The number of carbonyl (C=O) groups excluding carboxylic acids is 2. The number of hydrogen-bond acceptors (Lipinski definition) is 5. The van der Waals surface area contributed by atoms with Crippen LogP contribution in [0.1, 0.15) is 35.2 Å². The maximum absolute atomic E-state index is 13.2. The SMILES string of the molecule is COc1ccc(CCN2C(=O)CC[C@@H]3CN(C(=O)c4cnn5cccnc45)CC[C@@H]32)cc1. The van der Waals surface area contributed by atoms with Crippen molar-refractivity contribution >= 4 is 17.5 Å². The number of benzene rings is 1. The largest absolute Gasteiger partial charge is 0.497 e. The second kappa shape index (κ2) is 8.61. The fourth-order valence-electron chi connectivity index (χ4n) is 5.02. The number of fused-ring (bicyclic) bond motifs is 2. The molecule has 8 nitrogen and oxygen atoms in total. The van der Waals surface area contributed by atoms with Gasteiger partial charge in [0.05, 0.1) is 13.3 Å². The Hall–Kier alpha value is -3.42. The van der Waals surface area contributed by atoms with Crippen LogP contribution < -0.4 is 4.74 Å². The topological polar surface area (TPSA) is 80.0 Å². The zero-order chi connectivity index (χ0) is 22.1. The summed E-state index contributed by atoms with van der Waals surface area (Å²) in [6.07, 6.45) is 8.06. The smallest absolute Gasteiger partial charge is 0.259 e. The second-order valence-electron chi connectivity index (χ2n) is 8.54. The summed E-state index contributed by atoms with van der Waals surface area (Å²) in [5.74, 6) is 1.34. The standard InChI is InChI=1S/C24H27N5O3/c1-32-19-6-3-17(4-7-19)9-14-28-21-10-13-27(16-18(21)5-8-22(28)30)24(31)20-15-26-29-12-2-11-25-23(20)29/h2-4,6-7,11-12,15,18,21H,5,8-10,13-14,16H2,1H3/t18-,21+/m1/s1. The van der Waals surface area contributed by atoms with Crippen molar-refractivity contribution < 1.29 is 14.3 Å². The summed E-state index contributed by atoms with van der Waals surface area (Å²) >= 11 is 0. The fraction of sp³-hybridized carbons (Fsp3) is 0.417. The number of ether oxygens (including phenoxy) is 1. The first-order valence-corrected chi connectivity index (χ1v) is 11.1. The van der Waals surface area contributed by atoms with Gasteiger partial charge in [0, 0.05) is 44.5 Å². The van der Waals surface area contributed by atoms with E-state index in [-0.39, 0.29) is 17.9 Å². The molecule has 0 bridgehead atoms. The Kier molecular flexibility index (Phi) is 5.51. The number of nitrogens with zero attached hydrogens (tertiary/aromatic N) is 5. The molecular formula is C24H27N5O3. The lowest BCUT2D eigenvalue weighted by Crippen LogP contribution is -2.57. The Labute approximate surface area is 186 Å². The van der Waals surface area contributed by atoms with Crippen LogP contribution in [0.5, 0.6) is 5.75 Å². The van der Waals surface area contributed by atoms with Crippen LogP contribution in [0.3, 0.4) is 0 Å². The number of carbonyl (C=O) groups is 2. The summed E-state index contributed by atoms with van der Waals surface area (Å²) in [5.41, 5.74) is 2.31. The zero-order valence-electron chi connectivity index (χ0n) is 18.2. The fourth-order valence-corrected chi connectivity index (χ4v) is 5.02. The van der Waals surface area contributed by atoms with Crippen LogP contribution in [0.15, 0.2) is 48.9 Å². The molecule has 3 aromatic rings. The molecule has 166 valence electrons. The van der Waals surface area contributed by atoms with Gasteiger partial charge in [-0.25, -0.2) is 9.50 Å². The molecule has 0 N–H and O–H groups in total. The molecule has 2 aliphatic rings. The number of rotatable bonds is 5. The minimum Gasteiger partial charge on any atom is -0.497 e. The molecule has 2 aliphatic heterocycles.